The molecule has 20 heavy (non-hydrogen) atoms. The maximum atomic E-state index is 11.8. The third-order valence-electron chi connectivity index (χ3n) is 2.46. The first-order valence-electron chi connectivity index (χ1n) is 5.59. The maximum Gasteiger partial charge on any atom is 0.323 e. The van der Waals surface area contributed by atoms with Gasteiger partial charge in [0.15, 0.2) is 0 Å². The Morgan fingerprint density at radius 1 is 1.30 bits per heavy atom. The Kier molecular flexibility index (Phi) is 3.21. The first-order valence-corrected chi connectivity index (χ1v) is 6.57. The van der Waals surface area contributed by atoms with Gasteiger partial charge in [-0.25, -0.2) is 4.79 Å². The molecule has 0 atom stereocenters. The highest BCUT2D eigenvalue weighted by Gasteiger charge is 2.07. The smallest absolute Gasteiger partial charge is 0.323 e. The topological polar surface area (TPSA) is 132 Å². The third-order valence-corrected chi connectivity index (χ3v) is 3.30. The number of anilines is 1. The minimum absolute atomic E-state index is 0.168. The second-order valence-electron chi connectivity index (χ2n) is 3.87. The van der Waals surface area contributed by atoms with Gasteiger partial charge in [-0.15, -0.1) is 10.2 Å². The summed E-state index contributed by atoms with van der Waals surface area (Å²) in [6, 6.07) is 5.11. The second kappa shape index (κ2) is 5.17. The Morgan fingerprint density at radius 3 is 2.95 bits per heavy atom. The molecule has 0 aliphatic carbocycles. The van der Waals surface area contributed by atoms with Gasteiger partial charge in [-0.1, -0.05) is 11.8 Å². The quantitative estimate of drug-likeness (QED) is 0.504. The predicted octanol–water partition coefficient (Wildman–Crippen LogP) is 0.100. The number of fused-ring (bicyclic) bond motifs is 1. The molecule has 10 heteroatoms. The summed E-state index contributed by atoms with van der Waals surface area (Å²) in [4.78, 5) is 28.1. The van der Waals surface area contributed by atoms with Gasteiger partial charge in [-0.2, -0.15) is 5.21 Å². The zero-order valence-electron chi connectivity index (χ0n) is 10.0. The summed E-state index contributed by atoms with van der Waals surface area (Å²) in [5.41, 5.74) is 1.65. The van der Waals surface area contributed by atoms with Crippen LogP contribution in [0.4, 0.5) is 5.69 Å². The van der Waals surface area contributed by atoms with E-state index in [1.165, 1.54) is 11.8 Å². The van der Waals surface area contributed by atoms with Crippen LogP contribution in [0, 0.1) is 0 Å². The number of nitrogens with zero attached hydrogens (tertiary/aromatic N) is 3. The van der Waals surface area contributed by atoms with Crippen molar-refractivity contribution < 1.29 is 4.79 Å². The highest BCUT2D eigenvalue weighted by Crippen LogP contribution is 2.16. The van der Waals surface area contributed by atoms with Crippen molar-refractivity contribution in [2.24, 2.45) is 0 Å². The molecule has 0 bridgehead atoms. The van der Waals surface area contributed by atoms with Gasteiger partial charge >= 0.3 is 5.69 Å². The summed E-state index contributed by atoms with van der Waals surface area (Å²) >= 11 is 1.17. The van der Waals surface area contributed by atoms with E-state index in [0.29, 0.717) is 21.9 Å². The van der Waals surface area contributed by atoms with Gasteiger partial charge in [-0.05, 0) is 23.4 Å². The molecule has 3 aromatic rings. The summed E-state index contributed by atoms with van der Waals surface area (Å²) in [6.07, 6.45) is 0. The van der Waals surface area contributed by atoms with Crippen LogP contribution in [-0.2, 0) is 4.79 Å². The van der Waals surface area contributed by atoms with E-state index in [2.05, 4.69) is 35.9 Å². The van der Waals surface area contributed by atoms with Crippen molar-refractivity contribution in [2.75, 3.05) is 11.1 Å². The van der Waals surface area contributed by atoms with Crippen LogP contribution in [0.3, 0.4) is 0 Å². The number of aromatic amines is 3. The molecule has 1 amide bonds. The van der Waals surface area contributed by atoms with Crippen LogP contribution in [0.1, 0.15) is 0 Å². The molecule has 0 aliphatic rings. The highest BCUT2D eigenvalue weighted by atomic mass is 32.2. The van der Waals surface area contributed by atoms with Gasteiger partial charge in [-0.3, -0.25) is 4.79 Å². The number of imidazole rings is 1. The van der Waals surface area contributed by atoms with Crippen LogP contribution in [0.25, 0.3) is 11.0 Å². The maximum absolute atomic E-state index is 11.8. The summed E-state index contributed by atoms with van der Waals surface area (Å²) in [6.45, 7) is 0. The van der Waals surface area contributed by atoms with Crippen LogP contribution >= 0.6 is 11.8 Å². The molecule has 4 N–H and O–H groups in total. The molecule has 0 fully saturated rings. The monoisotopic (exact) mass is 291 g/mol. The summed E-state index contributed by atoms with van der Waals surface area (Å²) in [5, 5.41) is 16.3. The van der Waals surface area contributed by atoms with Crippen molar-refractivity contribution in [2.45, 2.75) is 5.16 Å². The number of benzene rings is 1. The minimum Gasteiger partial charge on any atom is -0.325 e. The second-order valence-corrected chi connectivity index (χ2v) is 4.81. The van der Waals surface area contributed by atoms with Gasteiger partial charge in [0.05, 0.1) is 16.8 Å². The van der Waals surface area contributed by atoms with E-state index in [-0.39, 0.29) is 17.3 Å². The molecule has 0 unspecified atom stereocenters. The summed E-state index contributed by atoms with van der Waals surface area (Å²) in [7, 11) is 0. The standard InChI is InChI=1S/C10H9N7O2S/c18-8(4-20-10-14-16-17-15-10)11-5-1-2-6-7(3-5)13-9(19)12-6/h1-3H,4H2,(H,11,18)(H2,12,13,19)(H,14,15,16,17). The molecule has 2 aromatic heterocycles. The lowest BCUT2D eigenvalue weighted by Crippen LogP contribution is -2.14. The number of nitrogens with one attached hydrogen (secondary N) is 4. The predicted molar refractivity (Wildman–Crippen MR) is 72.5 cm³/mol. The first-order chi connectivity index (χ1) is 9.70. The first kappa shape index (κ1) is 12.4. The van der Waals surface area contributed by atoms with Crippen molar-refractivity contribution in [1.29, 1.82) is 0 Å². The lowest BCUT2D eigenvalue weighted by atomic mass is 10.3. The van der Waals surface area contributed by atoms with E-state index in [0.717, 1.165) is 0 Å². The van der Waals surface area contributed by atoms with Crippen LogP contribution in [-0.4, -0.2) is 42.3 Å². The number of amides is 1. The van der Waals surface area contributed by atoms with Crippen molar-refractivity contribution in [3.8, 4) is 0 Å². The third kappa shape index (κ3) is 2.69. The number of hydrogen-bond donors (Lipinski definition) is 4. The number of carbonyl (C=O) groups excluding carboxylic acids is 1. The van der Waals surface area contributed by atoms with E-state index in [1.807, 2.05) is 0 Å². The highest BCUT2D eigenvalue weighted by molar-refractivity contribution is 7.99. The lowest BCUT2D eigenvalue weighted by Gasteiger charge is -2.03. The number of carbonyl (C=O) groups is 1. The minimum atomic E-state index is -0.281. The average Bonchev–Trinajstić information content (AvgIpc) is 3.04. The normalized spacial score (nSPS) is 10.8. The number of hydrogen-bond acceptors (Lipinski definition) is 6. The van der Waals surface area contributed by atoms with Gasteiger partial charge in [0.25, 0.3) is 0 Å². The molecule has 2 heterocycles. The van der Waals surface area contributed by atoms with Gasteiger partial charge < -0.3 is 15.3 Å². The Morgan fingerprint density at radius 2 is 2.15 bits per heavy atom. The van der Waals surface area contributed by atoms with E-state index in [4.69, 9.17) is 0 Å². The number of aromatic nitrogens is 6. The molecular formula is C10H9N7O2S. The molecule has 102 valence electrons. The SMILES string of the molecule is O=C(CSc1nn[nH]n1)Nc1ccc2[nH]c(=O)[nH]c2c1. The Hall–Kier alpha value is -2.62. The molecule has 9 nitrogen and oxygen atoms in total. The Labute approximate surface area is 115 Å². The van der Waals surface area contributed by atoms with Gasteiger partial charge in [0.1, 0.15) is 0 Å². The summed E-state index contributed by atoms with van der Waals surface area (Å²) < 4.78 is 0. The molecule has 3 rings (SSSR count). The van der Waals surface area contributed by atoms with Gasteiger partial charge in [0.2, 0.25) is 11.1 Å². The Bertz CT molecular complexity index is 791. The molecule has 0 radical (unpaired) electrons. The fourth-order valence-electron chi connectivity index (χ4n) is 1.65. The van der Waals surface area contributed by atoms with Crippen LogP contribution in [0.15, 0.2) is 28.2 Å². The van der Waals surface area contributed by atoms with E-state index >= 15 is 0 Å². The fourth-order valence-corrected chi connectivity index (χ4v) is 2.19. The number of rotatable bonds is 4. The van der Waals surface area contributed by atoms with Crippen molar-refractivity contribution in [3.05, 3.63) is 28.7 Å². The molecule has 1 aromatic carbocycles. The van der Waals surface area contributed by atoms with E-state index in [9.17, 15) is 9.59 Å². The molecular weight excluding hydrogens is 282 g/mol. The van der Waals surface area contributed by atoms with Crippen LogP contribution in [0.2, 0.25) is 0 Å². The molecule has 0 saturated heterocycles. The number of thioether (sulfide) groups is 1. The summed E-state index contributed by atoms with van der Waals surface area (Å²) in [5.74, 6) is -0.0293. The average molecular weight is 291 g/mol. The molecule has 0 aliphatic heterocycles. The lowest BCUT2D eigenvalue weighted by molar-refractivity contribution is -0.113. The zero-order valence-corrected chi connectivity index (χ0v) is 10.8. The van der Waals surface area contributed by atoms with Crippen molar-refractivity contribution in [3.63, 3.8) is 0 Å². The Balaban J connectivity index is 1.66. The van der Waals surface area contributed by atoms with Crippen LogP contribution in [0.5, 0.6) is 0 Å². The largest absolute Gasteiger partial charge is 0.325 e. The van der Waals surface area contributed by atoms with E-state index in [1.54, 1.807) is 18.2 Å². The fraction of sp³-hybridized carbons (Fsp3) is 0.100. The van der Waals surface area contributed by atoms with Crippen LogP contribution < -0.4 is 11.0 Å². The van der Waals surface area contributed by atoms with E-state index < -0.39 is 0 Å². The van der Waals surface area contributed by atoms with Crippen molar-refractivity contribution >= 4 is 34.4 Å². The zero-order chi connectivity index (χ0) is 13.9. The molecule has 0 spiro atoms. The number of H-pyrrole nitrogens is 3. The van der Waals surface area contributed by atoms with Crippen molar-refractivity contribution in [1.82, 2.24) is 30.6 Å². The molecule has 0 saturated carbocycles. The number of tetrazole rings is 1. The van der Waals surface area contributed by atoms with Gasteiger partial charge in [0, 0.05) is 5.69 Å².